The molecule has 0 spiro atoms. The Morgan fingerprint density at radius 1 is 0.805 bits per heavy atom. The third-order valence-electron chi connectivity index (χ3n) is 7.37. The van der Waals surface area contributed by atoms with Crippen LogP contribution in [0.2, 0.25) is 0 Å². The predicted molar refractivity (Wildman–Crippen MR) is 161 cm³/mol. The number of nitrogens with zero attached hydrogens (tertiary/aromatic N) is 4. The highest BCUT2D eigenvalue weighted by Gasteiger charge is 2.38. The number of rotatable bonds is 6. The molecule has 7 nitrogen and oxygen atoms in total. The molecule has 0 unspecified atom stereocenters. The molecular weight excluding hydrogens is 520 g/mol. The number of pyridine rings is 2. The molecule has 3 aromatic heterocycles. The van der Waals surface area contributed by atoms with Gasteiger partial charge in [0.1, 0.15) is 5.82 Å². The minimum absolute atomic E-state index is 0.121. The molecule has 3 N–H and O–H groups in total. The van der Waals surface area contributed by atoms with E-state index < -0.39 is 5.92 Å². The number of hydrogen-bond donors (Lipinski definition) is 3. The molecule has 0 radical (unpaired) electrons. The smallest absolute Gasteiger partial charge is 0.266 e. The Bertz CT molecular complexity index is 1880. The summed E-state index contributed by atoms with van der Waals surface area (Å²) < 4.78 is 27.6. The summed E-state index contributed by atoms with van der Waals surface area (Å²) in [5.74, 6) is -1.87. The van der Waals surface area contributed by atoms with Gasteiger partial charge in [-0.3, -0.25) is 9.97 Å². The number of hydrogen-bond acceptors (Lipinski definition) is 6. The number of anilines is 5. The van der Waals surface area contributed by atoms with Crippen LogP contribution in [0.4, 0.5) is 37.2 Å². The lowest BCUT2D eigenvalue weighted by molar-refractivity contribution is 0.0257. The standard InChI is InChI=1S/C32H27F2N7/c1-20-16-24(10-13-35-20)37-23-6-8-29-30(17-23)40-31(39-29)21-2-4-22(5-3-21)38-28-11-14-36-27-9-7-25(18-26(27)28)41-15-12-32(33,34)19-41/h2-11,13-14,16-18H,12,15,19H2,1H3,(H,35,37)(H,36,38)(H,39,40). The van der Waals surface area contributed by atoms with Gasteiger partial charge in [-0.2, -0.15) is 0 Å². The second kappa shape index (κ2) is 9.85. The second-order valence-electron chi connectivity index (χ2n) is 10.4. The van der Waals surface area contributed by atoms with Crippen molar-refractivity contribution in [2.24, 2.45) is 0 Å². The van der Waals surface area contributed by atoms with Crippen molar-refractivity contribution in [3.8, 4) is 11.4 Å². The summed E-state index contributed by atoms with van der Waals surface area (Å²) in [4.78, 5) is 18.7. The third-order valence-corrected chi connectivity index (χ3v) is 7.37. The van der Waals surface area contributed by atoms with E-state index in [1.165, 1.54) is 0 Å². The van der Waals surface area contributed by atoms with Crippen LogP contribution < -0.4 is 15.5 Å². The van der Waals surface area contributed by atoms with Gasteiger partial charge in [0.15, 0.2) is 0 Å². The molecule has 7 rings (SSSR count). The lowest BCUT2D eigenvalue weighted by Gasteiger charge is -2.19. The molecule has 4 heterocycles. The zero-order valence-corrected chi connectivity index (χ0v) is 22.3. The number of H-pyrrole nitrogens is 1. The number of imidazole rings is 1. The molecule has 0 aliphatic carbocycles. The van der Waals surface area contributed by atoms with E-state index in [2.05, 4.69) is 25.6 Å². The first-order valence-corrected chi connectivity index (χ1v) is 13.5. The van der Waals surface area contributed by atoms with Gasteiger partial charge in [-0.15, -0.1) is 0 Å². The lowest BCUT2D eigenvalue weighted by atomic mass is 10.1. The molecule has 0 saturated carbocycles. The highest BCUT2D eigenvalue weighted by atomic mass is 19.3. The van der Waals surface area contributed by atoms with Crippen LogP contribution in [0.3, 0.4) is 0 Å². The quantitative estimate of drug-likeness (QED) is 0.197. The van der Waals surface area contributed by atoms with Gasteiger partial charge in [-0.25, -0.2) is 13.8 Å². The molecule has 1 aliphatic rings. The van der Waals surface area contributed by atoms with Crippen LogP contribution in [0.15, 0.2) is 91.3 Å². The zero-order valence-electron chi connectivity index (χ0n) is 22.3. The first kappa shape index (κ1) is 25.0. The Labute approximate surface area is 235 Å². The molecule has 204 valence electrons. The normalized spacial score (nSPS) is 14.6. The van der Waals surface area contributed by atoms with Crippen molar-refractivity contribution in [2.45, 2.75) is 19.3 Å². The van der Waals surface area contributed by atoms with Crippen molar-refractivity contribution in [1.29, 1.82) is 0 Å². The van der Waals surface area contributed by atoms with E-state index >= 15 is 0 Å². The van der Waals surface area contributed by atoms with Crippen LogP contribution in [0.25, 0.3) is 33.3 Å². The minimum atomic E-state index is -2.65. The van der Waals surface area contributed by atoms with Gasteiger partial charge in [0.2, 0.25) is 0 Å². The Morgan fingerprint density at radius 3 is 2.41 bits per heavy atom. The number of nitrogens with one attached hydrogen (secondary N) is 3. The van der Waals surface area contributed by atoms with Gasteiger partial charge in [0, 0.05) is 70.4 Å². The van der Waals surface area contributed by atoms with Crippen LogP contribution in [0.5, 0.6) is 0 Å². The number of aromatic amines is 1. The molecule has 0 bridgehead atoms. The minimum Gasteiger partial charge on any atom is -0.365 e. The summed E-state index contributed by atoms with van der Waals surface area (Å²) in [5.41, 5.74) is 9.00. The molecule has 0 atom stereocenters. The monoisotopic (exact) mass is 547 g/mol. The first-order chi connectivity index (χ1) is 19.9. The van der Waals surface area contributed by atoms with E-state index in [4.69, 9.17) is 4.98 Å². The van der Waals surface area contributed by atoms with Gasteiger partial charge < -0.3 is 20.5 Å². The fraction of sp³-hybridized carbons (Fsp3) is 0.156. The van der Waals surface area contributed by atoms with Gasteiger partial charge >= 0.3 is 0 Å². The van der Waals surface area contributed by atoms with Crippen LogP contribution in [-0.4, -0.2) is 38.9 Å². The van der Waals surface area contributed by atoms with E-state index in [1.807, 2.05) is 85.8 Å². The number of fused-ring (bicyclic) bond motifs is 2. The van der Waals surface area contributed by atoms with E-state index in [0.717, 1.165) is 67.5 Å². The Kier molecular flexibility index (Phi) is 6.00. The molecule has 1 saturated heterocycles. The SMILES string of the molecule is Cc1cc(Nc2ccc3[nH]c(-c4ccc(Nc5ccnc6ccc(N7CCC(F)(F)C7)cc56)cc4)nc3c2)ccn1. The van der Waals surface area contributed by atoms with Crippen LogP contribution in [0, 0.1) is 6.92 Å². The van der Waals surface area contributed by atoms with Crippen molar-refractivity contribution in [3.05, 3.63) is 97.0 Å². The van der Waals surface area contributed by atoms with Crippen LogP contribution >= 0.6 is 0 Å². The fourth-order valence-electron chi connectivity index (χ4n) is 5.27. The highest BCUT2D eigenvalue weighted by Crippen LogP contribution is 2.34. The van der Waals surface area contributed by atoms with E-state index in [9.17, 15) is 8.78 Å². The average Bonchev–Trinajstić information content (AvgIpc) is 3.56. The molecule has 1 aliphatic heterocycles. The lowest BCUT2D eigenvalue weighted by Crippen LogP contribution is -2.24. The average molecular weight is 548 g/mol. The maximum atomic E-state index is 13.8. The van der Waals surface area contributed by atoms with E-state index in [0.29, 0.717) is 6.54 Å². The predicted octanol–water partition coefficient (Wildman–Crippen LogP) is 7.81. The summed E-state index contributed by atoms with van der Waals surface area (Å²) in [6, 6.07) is 25.6. The van der Waals surface area contributed by atoms with Crippen molar-refractivity contribution in [3.63, 3.8) is 0 Å². The van der Waals surface area contributed by atoms with Crippen molar-refractivity contribution in [1.82, 2.24) is 19.9 Å². The number of halogens is 2. The van der Waals surface area contributed by atoms with Crippen molar-refractivity contribution < 1.29 is 8.78 Å². The largest absolute Gasteiger partial charge is 0.365 e. The summed E-state index contributed by atoms with van der Waals surface area (Å²) in [6.07, 6.45) is 3.41. The second-order valence-corrected chi connectivity index (χ2v) is 10.4. The summed E-state index contributed by atoms with van der Waals surface area (Å²) in [6.45, 7) is 2.05. The summed E-state index contributed by atoms with van der Waals surface area (Å²) in [7, 11) is 0. The highest BCUT2D eigenvalue weighted by molar-refractivity contribution is 5.95. The molecule has 1 fully saturated rings. The summed E-state index contributed by atoms with van der Waals surface area (Å²) >= 11 is 0. The Balaban J connectivity index is 1.11. The zero-order chi connectivity index (χ0) is 28.0. The molecule has 41 heavy (non-hydrogen) atoms. The molecular formula is C32H27F2N7. The maximum absolute atomic E-state index is 13.8. The van der Waals surface area contributed by atoms with Crippen molar-refractivity contribution >= 4 is 50.4 Å². The van der Waals surface area contributed by atoms with Gasteiger partial charge in [0.25, 0.3) is 5.92 Å². The number of aryl methyl sites for hydroxylation is 1. The van der Waals surface area contributed by atoms with Crippen LogP contribution in [0.1, 0.15) is 12.1 Å². The number of alkyl halides is 2. The Morgan fingerprint density at radius 2 is 1.61 bits per heavy atom. The molecule has 3 aromatic carbocycles. The van der Waals surface area contributed by atoms with Crippen molar-refractivity contribution in [2.75, 3.05) is 28.6 Å². The number of aromatic nitrogens is 4. The summed E-state index contributed by atoms with van der Waals surface area (Å²) in [5, 5.41) is 7.76. The van der Waals surface area contributed by atoms with E-state index in [-0.39, 0.29) is 13.0 Å². The van der Waals surface area contributed by atoms with Crippen LogP contribution in [-0.2, 0) is 0 Å². The Hall–Kier alpha value is -5.05. The molecule has 0 amide bonds. The molecule has 6 aromatic rings. The first-order valence-electron chi connectivity index (χ1n) is 13.5. The maximum Gasteiger partial charge on any atom is 0.266 e. The topological polar surface area (TPSA) is 81.8 Å². The number of benzene rings is 3. The van der Waals surface area contributed by atoms with Gasteiger partial charge in [-0.1, -0.05) is 0 Å². The van der Waals surface area contributed by atoms with E-state index in [1.54, 1.807) is 17.3 Å². The van der Waals surface area contributed by atoms with Gasteiger partial charge in [-0.05, 0) is 85.8 Å². The van der Waals surface area contributed by atoms with Gasteiger partial charge in [0.05, 0.1) is 23.1 Å². The third kappa shape index (κ3) is 5.14. The molecule has 9 heteroatoms. The fourth-order valence-corrected chi connectivity index (χ4v) is 5.27.